The minimum absolute atomic E-state index is 0.0365. The molecule has 6 nitrogen and oxygen atoms in total. The first kappa shape index (κ1) is 23.9. The van der Waals surface area contributed by atoms with Gasteiger partial charge in [0.25, 0.3) is 11.8 Å². The van der Waals surface area contributed by atoms with Gasteiger partial charge in [0, 0.05) is 6.54 Å². The van der Waals surface area contributed by atoms with E-state index in [-0.39, 0.29) is 10.7 Å². The number of rotatable bonds is 8. The quantitative estimate of drug-likeness (QED) is 0.274. The standard InChI is InChI=1S/C24H25BrN2O4S/c1-4-12-26-22(28)18(23(29)27(24(26)32)17-10-8-7-9-11-17)13-16-14-19(25)21(31-6-3)20(15-16)30-5-2/h7-11,13-15H,4-6,12H2,1-3H3/b18-13+. The van der Waals surface area contributed by atoms with Crippen LogP contribution in [0, 0.1) is 0 Å². The smallest absolute Gasteiger partial charge is 0.270 e. The fourth-order valence-corrected chi connectivity index (χ4v) is 4.32. The molecule has 0 atom stereocenters. The lowest BCUT2D eigenvalue weighted by Crippen LogP contribution is -2.56. The average molecular weight is 517 g/mol. The van der Waals surface area contributed by atoms with Crippen LogP contribution in [-0.4, -0.2) is 41.6 Å². The molecule has 1 aliphatic rings. The van der Waals surface area contributed by atoms with Crippen LogP contribution < -0.4 is 14.4 Å². The SMILES string of the molecule is CCCN1C(=O)/C(=C\c2cc(Br)c(OCC)c(OCC)c2)C(=O)N(c2ccccc2)C1=S. The summed E-state index contributed by atoms with van der Waals surface area (Å²) >= 11 is 9.04. The van der Waals surface area contributed by atoms with Crippen molar-refractivity contribution in [3.05, 3.63) is 58.1 Å². The van der Waals surface area contributed by atoms with Crippen LogP contribution >= 0.6 is 28.1 Å². The van der Waals surface area contributed by atoms with Crippen LogP contribution in [-0.2, 0) is 9.59 Å². The molecule has 2 amide bonds. The largest absolute Gasteiger partial charge is 0.490 e. The van der Waals surface area contributed by atoms with E-state index in [1.54, 1.807) is 30.3 Å². The molecule has 3 rings (SSSR count). The maximum Gasteiger partial charge on any atom is 0.270 e. The van der Waals surface area contributed by atoms with Crippen molar-refractivity contribution in [3.63, 3.8) is 0 Å². The van der Waals surface area contributed by atoms with E-state index in [1.807, 2.05) is 39.0 Å². The fourth-order valence-electron chi connectivity index (χ4n) is 3.39. The van der Waals surface area contributed by atoms with Crippen LogP contribution in [0.4, 0.5) is 5.69 Å². The Morgan fingerprint density at radius 2 is 1.69 bits per heavy atom. The summed E-state index contributed by atoms with van der Waals surface area (Å²) in [5.41, 5.74) is 1.29. The maximum absolute atomic E-state index is 13.4. The molecular formula is C24H25BrN2O4S. The van der Waals surface area contributed by atoms with E-state index in [9.17, 15) is 9.59 Å². The van der Waals surface area contributed by atoms with Crippen molar-refractivity contribution in [2.45, 2.75) is 27.2 Å². The highest BCUT2D eigenvalue weighted by atomic mass is 79.9. The van der Waals surface area contributed by atoms with Crippen molar-refractivity contribution >= 4 is 56.8 Å². The Bertz CT molecular complexity index is 1060. The number of amides is 2. The minimum Gasteiger partial charge on any atom is -0.490 e. The number of halogens is 1. The summed E-state index contributed by atoms with van der Waals surface area (Å²) in [5, 5.41) is 0.188. The minimum atomic E-state index is -0.457. The van der Waals surface area contributed by atoms with Crippen molar-refractivity contribution in [1.29, 1.82) is 0 Å². The van der Waals surface area contributed by atoms with Crippen LogP contribution in [0.1, 0.15) is 32.8 Å². The molecule has 0 radical (unpaired) electrons. The monoisotopic (exact) mass is 516 g/mol. The average Bonchev–Trinajstić information content (AvgIpc) is 2.77. The number of para-hydroxylation sites is 1. The number of ether oxygens (including phenoxy) is 2. The van der Waals surface area contributed by atoms with E-state index < -0.39 is 11.8 Å². The summed E-state index contributed by atoms with van der Waals surface area (Å²) in [6, 6.07) is 12.7. The molecule has 2 aromatic carbocycles. The zero-order valence-electron chi connectivity index (χ0n) is 18.3. The highest BCUT2D eigenvalue weighted by Gasteiger charge is 2.39. The van der Waals surface area contributed by atoms with Crippen LogP contribution in [0.5, 0.6) is 11.5 Å². The van der Waals surface area contributed by atoms with Crippen molar-refractivity contribution in [1.82, 2.24) is 4.90 Å². The molecule has 0 aliphatic carbocycles. The predicted molar refractivity (Wildman–Crippen MR) is 133 cm³/mol. The molecule has 32 heavy (non-hydrogen) atoms. The Balaban J connectivity index is 2.11. The third-order valence-corrected chi connectivity index (χ3v) is 5.72. The predicted octanol–water partition coefficient (Wildman–Crippen LogP) is 5.20. The third-order valence-electron chi connectivity index (χ3n) is 4.72. The number of benzene rings is 2. The van der Waals surface area contributed by atoms with Gasteiger partial charge in [0.15, 0.2) is 16.6 Å². The summed E-state index contributed by atoms with van der Waals surface area (Å²) in [7, 11) is 0. The van der Waals surface area contributed by atoms with Gasteiger partial charge in [0.05, 0.1) is 23.4 Å². The lowest BCUT2D eigenvalue weighted by atomic mass is 10.0. The number of carbonyl (C=O) groups excluding carboxylic acids is 2. The van der Waals surface area contributed by atoms with Crippen LogP contribution in [0.25, 0.3) is 6.08 Å². The van der Waals surface area contributed by atoms with Gasteiger partial charge in [0.1, 0.15) is 5.57 Å². The molecule has 0 aromatic heterocycles. The first-order valence-electron chi connectivity index (χ1n) is 10.5. The molecule has 1 fully saturated rings. The normalized spacial score (nSPS) is 15.5. The first-order chi connectivity index (χ1) is 15.4. The molecule has 0 N–H and O–H groups in total. The van der Waals surface area contributed by atoms with Gasteiger partial charge in [-0.2, -0.15) is 0 Å². The second-order valence-electron chi connectivity index (χ2n) is 6.97. The zero-order chi connectivity index (χ0) is 23.3. The summed E-state index contributed by atoms with van der Waals surface area (Å²) in [4.78, 5) is 29.5. The van der Waals surface area contributed by atoms with Gasteiger partial charge in [-0.15, -0.1) is 0 Å². The summed E-state index contributed by atoms with van der Waals surface area (Å²) in [6.07, 6.45) is 2.28. The van der Waals surface area contributed by atoms with E-state index in [4.69, 9.17) is 21.7 Å². The lowest BCUT2D eigenvalue weighted by molar-refractivity contribution is -0.127. The molecule has 0 spiro atoms. The fraction of sp³-hybridized carbons (Fsp3) is 0.292. The van der Waals surface area contributed by atoms with E-state index in [0.717, 1.165) is 0 Å². The molecular weight excluding hydrogens is 492 g/mol. The van der Waals surface area contributed by atoms with Gasteiger partial charge >= 0.3 is 0 Å². The van der Waals surface area contributed by atoms with Gasteiger partial charge in [0.2, 0.25) is 0 Å². The summed E-state index contributed by atoms with van der Waals surface area (Å²) in [6.45, 7) is 7.07. The summed E-state index contributed by atoms with van der Waals surface area (Å²) < 4.78 is 12.1. The summed E-state index contributed by atoms with van der Waals surface area (Å²) in [5.74, 6) is 0.253. The molecule has 0 saturated carbocycles. The van der Waals surface area contributed by atoms with Gasteiger partial charge < -0.3 is 9.47 Å². The topological polar surface area (TPSA) is 59.1 Å². The maximum atomic E-state index is 13.4. The number of carbonyl (C=O) groups is 2. The second-order valence-corrected chi connectivity index (χ2v) is 8.19. The number of thiocarbonyl (C=S) groups is 1. The van der Waals surface area contributed by atoms with Crippen molar-refractivity contribution in [3.8, 4) is 11.5 Å². The zero-order valence-corrected chi connectivity index (χ0v) is 20.7. The second kappa shape index (κ2) is 10.7. The number of nitrogens with zero attached hydrogens (tertiary/aromatic N) is 2. The molecule has 2 aromatic rings. The van der Waals surface area contributed by atoms with E-state index in [2.05, 4.69) is 15.9 Å². The molecule has 1 heterocycles. The van der Waals surface area contributed by atoms with Gasteiger partial charge in [-0.1, -0.05) is 25.1 Å². The lowest BCUT2D eigenvalue weighted by Gasteiger charge is -2.36. The van der Waals surface area contributed by atoms with Crippen molar-refractivity contribution < 1.29 is 19.1 Å². The molecule has 8 heteroatoms. The van der Waals surface area contributed by atoms with Crippen LogP contribution in [0.2, 0.25) is 0 Å². The Labute approximate surface area is 201 Å². The van der Waals surface area contributed by atoms with E-state index in [0.29, 0.717) is 53.4 Å². The highest BCUT2D eigenvalue weighted by Crippen LogP contribution is 2.38. The van der Waals surface area contributed by atoms with Crippen LogP contribution in [0.15, 0.2) is 52.5 Å². The molecule has 1 aliphatic heterocycles. The molecule has 0 unspecified atom stereocenters. The Morgan fingerprint density at radius 3 is 2.31 bits per heavy atom. The van der Waals surface area contributed by atoms with Crippen molar-refractivity contribution in [2.75, 3.05) is 24.7 Å². The van der Waals surface area contributed by atoms with Crippen LogP contribution in [0.3, 0.4) is 0 Å². The number of anilines is 1. The number of hydrogen-bond donors (Lipinski definition) is 0. The Kier molecular flexibility index (Phi) is 8.04. The third kappa shape index (κ3) is 4.86. The molecule has 1 saturated heterocycles. The highest BCUT2D eigenvalue weighted by molar-refractivity contribution is 9.10. The van der Waals surface area contributed by atoms with Crippen molar-refractivity contribution in [2.24, 2.45) is 0 Å². The Morgan fingerprint density at radius 1 is 1.00 bits per heavy atom. The first-order valence-corrected chi connectivity index (χ1v) is 11.7. The Hall–Kier alpha value is -2.71. The van der Waals surface area contributed by atoms with Gasteiger partial charge in [-0.05, 0) is 84.3 Å². The van der Waals surface area contributed by atoms with Gasteiger partial charge in [-0.25, -0.2) is 0 Å². The molecule has 0 bridgehead atoms. The van der Waals surface area contributed by atoms with Gasteiger partial charge in [-0.3, -0.25) is 19.4 Å². The van der Waals surface area contributed by atoms with E-state index in [1.165, 1.54) is 9.80 Å². The number of hydrogen-bond acceptors (Lipinski definition) is 5. The molecule has 168 valence electrons. The van der Waals surface area contributed by atoms with E-state index >= 15 is 0 Å².